The van der Waals surface area contributed by atoms with Crippen LogP contribution in [0.1, 0.15) is 13.3 Å². The van der Waals surface area contributed by atoms with Crippen LogP contribution in [-0.4, -0.2) is 56.1 Å². The van der Waals surface area contributed by atoms with Crippen molar-refractivity contribution in [1.29, 1.82) is 0 Å². The molecule has 0 aromatic heterocycles. The Morgan fingerprint density at radius 1 is 1.23 bits per heavy atom. The molecule has 0 bridgehead atoms. The van der Waals surface area contributed by atoms with E-state index in [9.17, 15) is 4.79 Å². The van der Waals surface area contributed by atoms with Crippen LogP contribution >= 0.6 is 12.4 Å². The van der Waals surface area contributed by atoms with Crippen molar-refractivity contribution in [2.45, 2.75) is 19.4 Å². The topological polar surface area (TPSA) is 61.6 Å². The largest absolute Gasteiger partial charge is 0.369 e. The number of carbonyl (C=O) groups excluding carboxylic acids is 1. The Hall–Kier alpha value is -1.30. The lowest BCUT2D eigenvalue weighted by molar-refractivity contribution is -0.121. The molecule has 0 saturated carbocycles. The van der Waals surface area contributed by atoms with Gasteiger partial charge in [-0.15, -0.1) is 12.4 Å². The number of anilines is 1. The van der Waals surface area contributed by atoms with Crippen LogP contribution in [0, 0.1) is 0 Å². The summed E-state index contributed by atoms with van der Waals surface area (Å²) in [6.07, 6.45) is 0.409. The average molecular weight is 327 g/mol. The van der Waals surface area contributed by atoms with Crippen LogP contribution in [0.15, 0.2) is 30.3 Å². The highest BCUT2D eigenvalue weighted by atomic mass is 35.5. The molecule has 1 atom stereocenters. The van der Waals surface area contributed by atoms with Gasteiger partial charge in [-0.3, -0.25) is 9.69 Å². The van der Waals surface area contributed by atoms with Crippen LogP contribution in [0.3, 0.4) is 0 Å². The molecule has 1 unspecified atom stereocenters. The first-order valence-corrected chi connectivity index (χ1v) is 7.71. The van der Waals surface area contributed by atoms with Crippen LogP contribution in [-0.2, 0) is 4.79 Å². The molecule has 1 saturated heterocycles. The molecule has 0 spiro atoms. The number of amides is 1. The quantitative estimate of drug-likeness (QED) is 0.821. The molecular weight excluding hydrogens is 300 g/mol. The summed E-state index contributed by atoms with van der Waals surface area (Å²) in [4.78, 5) is 16.3. The van der Waals surface area contributed by atoms with E-state index in [1.807, 2.05) is 6.07 Å². The second kappa shape index (κ2) is 9.66. The molecule has 6 heteroatoms. The normalized spacial score (nSPS) is 16.7. The molecule has 22 heavy (non-hydrogen) atoms. The summed E-state index contributed by atoms with van der Waals surface area (Å²) in [6, 6.07) is 10.7. The molecule has 1 amide bonds. The number of nitrogens with two attached hydrogens (primary N) is 1. The minimum atomic E-state index is 0. The van der Waals surface area contributed by atoms with Gasteiger partial charge in [-0.2, -0.15) is 0 Å². The van der Waals surface area contributed by atoms with Crippen LogP contribution in [0.5, 0.6) is 0 Å². The van der Waals surface area contributed by atoms with E-state index in [0.29, 0.717) is 13.0 Å². The van der Waals surface area contributed by atoms with Crippen LogP contribution in [0.4, 0.5) is 5.69 Å². The van der Waals surface area contributed by atoms with Crippen LogP contribution in [0.2, 0.25) is 0 Å². The van der Waals surface area contributed by atoms with Gasteiger partial charge in [0.15, 0.2) is 0 Å². The monoisotopic (exact) mass is 326 g/mol. The van der Waals surface area contributed by atoms with Crippen LogP contribution < -0.4 is 16.0 Å². The van der Waals surface area contributed by atoms with E-state index < -0.39 is 0 Å². The molecule has 1 aliphatic rings. The number of rotatable bonds is 6. The fourth-order valence-electron chi connectivity index (χ4n) is 2.74. The Balaban J connectivity index is 0.00000242. The highest BCUT2D eigenvalue weighted by molar-refractivity contribution is 5.85. The molecule has 5 nitrogen and oxygen atoms in total. The summed E-state index contributed by atoms with van der Waals surface area (Å²) in [6.45, 7) is 7.50. The lowest BCUT2D eigenvalue weighted by Crippen LogP contribution is -2.51. The van der Waals surface area contributed by atoms with Gasteiger partial charge in [-0.05, 0) is 19.1 Å². The van der Waals surface area contributed by atoms with Gasteiger partial charge in [0.25, 0.3) is 0 Å². The number of carbonyl (C=O) groups is 1. The summed E-state index contributed by atoms with van der Waals surface area (Å²) < 4.78 is 0. The number of hydrogen-bond donors (Lipinski definition) is 2. The number of piperazine rings is 1. The van der Waals surface area contributed by atoms with Gasteiger partial charge in [0.05, 0.1) is 0 Å². The van der Waals surface area contributed by atoms with Gasteiger partial charge in [-0.25, -0.2) is 0 Å². The highest BCUT2D eigenvalue weighted by Gasteiger charge is 2.19. The van der Waals surface area contributed by atoms with Gasteiger partial charge in [0.2, 0.25) is 5.91 Å². The first-order valence-electron chi connectivity index (χ1n) is 7.71. The maximum absolute atomic E-state index is 11.5. The summed E-state index contributed by atoms with van der Waals surface area (Å²) in [5.41, 5.74) is 6.68. The lowest BCUT2D eigenvalue weighted by atomic mass is 10.2. The number of halogens is 1. The Morgan fingerprint density at radius 2 is 1.86 bits per heavy atom. The zero-order valence-corrected chi connectivity index (χ0v) is 14.0. The summed E-state index contributed by atoms with van der Waals surface area (Å²) >= 11 is 0. The van der Waals surface area contributed by atoms with Crippen molar-refractivity contribution in [3.05, 3.63) is 30.3 Å². The summed E-state index contributed by atoms with van der Waals surface area (Å²) in [5.74, 6) is 0.0490. The minimum Gasteiger partial charge on any atom is -0.369 e. The zero-order valence-electron chi connectivity index (χ0n) is 13.2. The first kappa shape index (κ1) is 18.7. The molecule has 1 aromatic rings. The van der Waals surface area contributed by atoms with Gasteiger partial charge in [-0.1, -0.05) is 18.2 Å². The van der Waals surface area contributed by atoms with E-state index in [-0.39, 0.29) is 24.4 Å². The third-order valence-corrected chi connectivity index (χ3v) is 3.80. The van der Waals surface area contributed by atoms with E-state index in [2.05, 4.69) is 46.3 Å². The molecule has 0 aliphatic carbocycles. The average Bonchev–Trinajstić information content (AvgIpc) is 2.49. The van der Waals surface area contributed by atoms with Crippen LogP contribution in [0.25, 0.3) is 0 Å². The van der Waals surface area contributed by atoms with E-state index in [1.54, 1.807) is 0 Å². The Morgan fingerprint density at radius 3 is 2.45 bits per heavy atom. The minimum absolute atomic E-state index is 0. The third-order valence-electron chi connectivity index (χ3n) is 3.80. The number of nitrogens with one attached hydrogen (secondary N) is 1. The van der Waals surface area contributed by atoms with Crippen molar-refractivity contribution in [3.63, 3.8) is 0 Å². The van der Waals surface area contributed by atoms with Gasteiger partial charge in [0, 0.05) is 57.4 Å². The van der Waals surface area contributed by atoms with Gasteiger partial charge in [0.1, 0.15) is 0 Å². The molecule has 0 radical (unpaired) electrons. The Bertz CT molecular complexity index is 435. The van der Waals surface area contributed by atoms with Crippen molar-refractivity contribution >= 4 is 24.0 Å². The van der Waals surface area contributed by atoms with E-state index >= 15 is 0 Å². The highest BCUT2D eigenvalue weighted by Crippen LogP contribution is 2.15. The SMILES string of the molecule is CC(CN1CCN(c2ccccc2)CC1)NC(=O)CCN.Cl. The fraction of sp³-hybridized carbons (Fsp3) is 0.562. The van der Waals surface area contributed by atoms with E-state index in [0.717, 1.165) is 32.7 Å². The summed E-state index contributed by atoms with van der Waals surface area (Å²) in [7, 11) is 0. The molecule has 2 rings (SSSR count). The summed E-state index contributed by atoms with van der Waals surface area (Å²) in [5, 5.41) is 3.00. The van der Waals surface area contributed by atoms with Crippen molar-refractivity contribution < 1.29 is 4.79 Å². The standard InChI is InChI=1S/C16H26N4O.ClH/c1-14(18-16(21)7-8-17)13-19-9-11-20(12-10-19)15-5-3-2-4-6-15;/h2-6,14H,7-13,17H2,1H3,(H,18,21);1H. The molecule has 1 aliphatic heterocycles. The number of para-hydroxylation sites is 1. The predicted molar refractivity (Wildman–Crippen MR) is 93.6 cm³/mol. The molecule has 124 valence electrons. The Labute approximate surface area is 139 Å². The van der Waals surface area contributed by atoms with Crippen molar-refractivity contribution in [2.24, 2.45) is 5.73 Å². The molecule has 1 fully saturated rings. The van der Waals surface area contributed by atoms with Crippen molar-refractivity contribution in [2.75, 3.05) is 44.2 Å². The molecule has 1 heterocycles. The van der Waals surface area contributed by atoms with E-state index in [1.165, 1.54) is 5.69 Å². The zero-order chi connectivity index (χ0) is 15.1. The molecule has 3 N–H and O–H groups in total. The Kier molecular flexibility index (Phi) is 8.24. The number of hydrogen-bond acceptors (Lipinski definition) is 4. The maximum atomic E-state index is 11.5. The van der Waals surface area contributed by atoms with Crippen molar-refractivity contribution in [3.8, 4) is 0 Å². The van der Waals surface area contributed by atoms with Gasteiger partial charge < -0.3 is 16.0 Å². The number of benzene rings is 1. The van der Waals surface area contributed by atoms with E-state index in [4.69, 9.17) is 5.73 Å². The number of nitrogens with zero attached hydrogens (tertiary/aromatic N) is 2. The fourth-order valence-corrected chi connectivity index (χ4v) is 2.74. The maximum Gasteiger partial charge on any atom is 0.221 e. The molecular formula is C16H27ClN4O. The predicted octanol–water partition coefficient (Wildman–Crippen LogP) is 1.08. The second-order valence-electron chi connectivity index (χ2n) is 5.63. The molecule has 1 aromatic carbocycles. The lowest BCUT2D eigenvalue weighted by Gasteiger charge is -2.37. The van der Waals surface area contributed by atoms with Crippen molar-refractivity contribution in [1.82, 2.24) is 10.2 Å². The smallest absolute Gasteiger partial charge is 0.221 e. The second-order valence-corrected chi connectivity index (χ2v) is 5.63. The third kappa shape index (κ3) is 5.83. The van der Waals surface area contributed by atoms with Gasteiger partial charge >= 0.3 is 0 Å². The first-order chi connectivity index (χ1) is 10.2.